The van der Waals surface area contributed by atoms with Gasteiger partial charge in [-0.05, 0) is 54.8 Å². The van der Waals surface area contributed by atoms with Crippen LogP contribution in [0.1, 0.15) is 11.1 Å². The number of hydrogen-bond acceptors (Lipinski definition) is 3. The van der Waals surface area contributed by atoms with Crippen LogP contribution in [-0.4, -0.2) is 16.7 Å². The number of aliphatic hydroxyl groups excluding tert-OH is 1. The molecule has 0 aliphatic heterocycles. The predicted octanol–water partition coefficient (Wildman–Crippen LogP) is 3.96. The topological polar surface area (TPSA) is 45.1 Å². The Balaban J connectivity index is 1.90. The molecule has 0 atom stereocenters. The zero-order valence-corrected chi connectivity index (χ0v) is 12.3. The van der Waals surface area contributed by atoms with Gasteiger partial charge in [0.2, 0.25) is 0 Å². The van der Waals surface area contributed by atoms with Crippen molar-refractivity contribution in [1.82, 2.24) is 4.98 Å². The number of aromatic nitrogens is 1. The third kappa shape index (κ3) is 3.07. The van der Waals surface area contributed by atoms with E-state index in [-0.39, 0.29) is 12.4 Å². The zero-order valence-electron chi connectivity index (χ0n) is 12.3. The Morgan fingerprint density at radius 3 is 2.59 bits per heavy atom. The number of anilines is 2. The Labute approximate surface area is 128 Å². The summed E-state index contributed by atoms with van der Waals surface area (Å²) in [7, 11) is 0. The van der Waals surface area contributed by atoms with Crippen LogP contribution >= 0.6 is 0 Å². The van der Waals surface area contributed by atoms with Crippen LogP contribution in [0, 0.1) is 12.7 Å². The molecule has 0 radical (unpaired) electrons. The molecule has 3 rings (SSSR count). The number of rotatable bonds is 4. The van der Waals surface area contributed by atoms with Gasteiger partial charge < -0.3 is 10.4 Å². The fourth-order valence-electron chi connectivity index (χ4n) is 2.47. The summed E-state index contributed by atoms with van der Waals surface area (Å²) < 4.78 is 13.4. The fourth-order valence-corrected chi connectivity index (χ4v) is 2.47. The summed E-state index contributed by atoms with van der Waals surface area (Å²) in [6.07, 6.45) is 0.646. The third-order valence-corrected chi connectivity index (χ3v) is 3.61. The van der Waals surface area contributed by atoms with Crippen molar-refractivity contribution in [1.29, 1.82) is 0 Å². The molecule has 0 aliphatic rings. The van der Waals surface area contributed by atoms with Gasteiger partial charge in [0.15, 0.2) is 0 Å². The largest absolute Gasteiger partial charge is 0.396 e. The molecule has 0 aliphatic carbocycles. The second-order valence-corrected chi connectivity index (χ2v) is 5.28. The first-order valence-electron chi connectivity index (χ1n) is 7.19. The van der Waals surface area contributed by atoms with Crippen LogP contribution < -0.4 is 5.32 Å². The number of halogens is 1. The van der Waals surface area contributed by atoms with Crippen LogP contribution in [0.5, 0.6) is 0 Å². The summed E-state index contributed by atoms with van der Waals surface area (Å²) in [6.45, 7) is 2.13. The standard InChI is InChI=1S/C18H17FN2O/c1-12-10-18(21-17-11-14(19)4-7-16(12)17)20-15-5-2-13(3-6-15)8-9-22/h2-7,10-11,22H,8-9H2,1H3,(H,20,21). The van der Waals surface area contributed by atoms with Gasteiger partial charge in [-0.25, -0.2) is 9.37 Å². The van der Waals surface area contributed by atoms with Crippen molar-refractivity contribution in [2.24, 2.45) is 0 Å². The van der Waals surface area contributed by atoms with E-state index in [1.54, 1.807) is 6.07 Å². The van der Waals surface area contributed by atoms with E-state index >= 15 is 0 Å². The Bertz CT molecular complexity index is 800. The first kappa shape index (κ1) is 14.5. The second kappa shape index (κ2) is 6.12. The van der Waals surface area contributed by atoms with Gasteiger partial charge >= 0.3 is 0 Å². The first-order chi connectivity index (χ1) is 10.7. The fraction of sp³-hybridized carbons (Fsp3) is 0.167. The maximum atomic E-state index is 13.4. The molecule has 0 fully saturated rings. The van der Waals surface area contributed by atoms with Crippen molar-refractivity contribution in [3.63, 3.8) is 0 Å². The molecular weight excluding hydrogens is 279 g/mol. The van der Waals surface area contributed by atoms with Crippen LogP contribution in [0.25, 0.3) is 10.9 Å². The lowest BCUT2D eigenvalue weighted by atomic mass is 10.1. The molecule has 1 heterocycles. The van der Waals surface area contributed by atoms with E-state index in [9.17, 15) is 4.39 Å². The highest BCUT2D eigenvalue weighted by atomic mass is 19.1. The minimum absolute atomic E-state index is 0.143. The van der Waals surface area contributed by atoms with E-state index in [4.69, 9.17) is 5.11 Å². The van der Waals surface area contributed by atoms with E-state index in [1.807, 2.05) is 37.3 Å². The highest BCUT2D eigenvalue weighted by Gasteiger charge is 2.04. The summed E-state index contributed by atoms with van der Waals surface area (Å²) in [4.78, 5) is 4.46. The molecule has 22 heavy (non-hydrogen) atoms. The molecule has 3 nitrogen and oxygen atoms in total. The molecule has 0 unspecified atom stereocenters. The Morgan fingerprint density at radius 1 is 1.09 bits per heavy atom. The van der Waals surface area contributed by atoms with Crippen molar-refractivity contribution in [2.75, 3.05) is 11.9 Å². The van der Waals surface area contributed by atoms with Gasteiger partial charge in [0.05, 0.1) is 5.52 Å². The van der Waals surface area contributed by atoms with E-state index in [0.29, 0.717) is 17.8 Å². The third-order valence-electron chi connectivity index (χ3n) is 3.61. The Morgan fingerprint density at radius 2 is 1.86 bits per heavy atom. The summed E-state index contributed by atoms with van der Waals surface area (Å²) in [5.41, 5.74) is 3.67. The lowest BCUT2D eigenvalue weighted by molar-refractivity contribution is 0.299. The van der Waals surface area contributed by atoms with Gasteiger partial charge in [-0.15, -0.1) is 0 Å². The average molecular weight is 296 g/mol. The second-order valence-electron chi connectivity index (χ2n) is 5.28. The number of benzene rings is 2. The molecule has 112 valence electrons. The number of fused-ring (bicyclic) bond motifs is 1. The summed E-state index contributed by atoms with van der Waals surface area (Å²) in [5, 5.41) is 13.1. The Kier molecular flexibility index (Phi) is 4.02. The molecule has 3 aromatic rings. The number of nitrogens with one attached hydrogen (secondary N) is 1. The molecule has 0 saturated carbocycles. The molecule has 0 bridgehead atoms. The molecular formula is C18H17FN2O. The number of hydrogen-bond donors (Lipinski definition) is 2. The van der Waals surface area contributed by atoms with Crippen LogP contribution in [0.2, 0.25) is 0 Å². The lowest BCUT2D eigenvalue weighted by Gasteiger charge is -2.10. The molecule has 0 amide bonds. The Hall–Kier alpha value is -2.46. The van der Waals surface area contributed by atoms with E-state index in [2.05, 4.69) is 10.3 Å². The summed E-state index contributed by atoms with van der Waals surface area (Å²) in [5.74, 6) is 0.399. The van der Waals surface area contributed by atoms with Gasteiger partial charge in [0.1, 0.15) is 11.6 Å². The zero-order chi connectivity index (χ0) is 15.5. The molecule has 2 N–H and O–H groups in total. The molecule has 0 saturated heterocycles. The van der Waals surface area contributed by atoms with Crippen LogP contribution in [0.15, 0.2) is 48.5 Å². The first-order valence-corrected chi connectivity index (χ1v) is 7.19. The lowest BCUT2D eigenvalue weighted by Crippen LogP contribution is -1.96. The normalized spacial score (nSPS) is 10.9. The van der Waals surface area contributed by atoms with Gasteiger partial charge in [0, 0.05) is 23.7 Å². The van der Waals surface area contributed by atoms with Crippen molar-refractivity contribution in [2.45, 2.75) is 13.3 Å². The number of aryl methyl sites for hydroxylation is 1. The van der Waals surface area contributed by atoms with Crippen molar-refractivity contribution in [3.8, 4) is 0 Å². The predicted molar refractivity (Wildman–Crippen MR) is 87.0 cm³/mol. The SMILES string of the molecule is Cc1cc(Nc2ccc(CCO)cc2)nc2cc(F)ccc12. The molecule has 0 spiro atoms. The van der Waals surface area contributed by atoms with Crippen LogP contribution in [0.4, 0.5) is 15.9 Å². The van der Waals surface area contributed by atoms with Gasteiger partial charge in [-0.1, -0.05) is 12.1 Å². The number of aliphatic hydroxyl groups is 1. The average Bonchev–Trinajstić information content (AvgIpc) is 2.49. The van der Waals surface area contributed by atoms with Gasteiger partial charge in [-0.3, -0.25) is 0 Å². The van der Waals surface area contributed by atoms with E-state index < -0.39 is 0 Å². The minimum atomic E-state index is -0.287. The summed E-state index contributed by atoms with van der Waals surface area (Å²) >= 11 is 0. The number of nitrogens with zero attached hydrogens (tertiary/aromatic N) is 1. The van der Waals surface area contributed by atoms with Crippen molar-refractivity contribution < 1.29 is 9.50 Å². The van der Waals surface area contributed by atoms with Crippen LogP contribution in [0.3, 0.4) is 0 Å². The highest BCUT2D eigenvalue weighted by Crippen LogP contribution is 2.23. The van der Waals surface area contributed by atoms with Crippen molar-refractivity contribution in [3.05, 3.63) is 65.5 Å². The van der Waals surface area contributed by atoms with Gasteiger partial charge in [0.25, 0.3) is 0 Å². The molecule has 2 aromatic carbocycles. The quantitative estimate of drug-likeness (QED) is 0.766. The number of pyridine rings is 1. The van der Waals surface area contributed by atoms with Crippen molar-refractivity contribution >= 4 is 22.4 Å². The molecule has 4 heteroatoms. The maximum Gasteiger partial charge on any atom is 0.131 e. The van der Waals surface area contributed by atoms with Crippen LogP contribution in [-0.2, 0) is 6.42 Å². The van der Waals surface area contributed by atoms with E-state index in [0.717, 1.165) is 22.2 Å². The van der Waals surface area contributed by atoms with Gasteiger partial charge in [-0.2, -0.15) is 0 Å². The maximum absolute atomic E-state index is 13.4. The summed E-state index contributed by atoms with van der Waals surface area (Å²) in [6, 6.07) is 14.4. The molecule has 1 aromatic heterocycles. The smallest absolute Gasteiger partial charge is 0.131 e. The van der Waals surface area contributed by atoms with E-state index in [1.165, 1.54) is 12.1 Å². The highest BCUT2D eigenvalue weighted by molar-refractivity contribution is 5.84. The monoisotopic (exact) mass is 296 g/mol. The minimum Gasteiger partial charge on any atom is -0.396 e.